The largest absolute Gasteiger partial charge is 0.324 e. The fraction of sp³-hybridized carbons (Fsp3) is 0.286. The zero-order valence-corrected chi connectivity index (χ0v) is 10.3. The Kier molecular flexibility index (Phi) is 3.99. The zero-order chi connectivity index (χ0) is 13.0. The number of pyridine rings is 2. The molecule has 0 aliphatic rings. The summed E-state index contributed by atoms with van der Waals surface area (Å²) >= 11 is 0. The fourth-order valence-corrected chi connectivity index (χ4v) is 1.76. The molecule has 0 radical (unpaired) electrons. The van der Waals surface area contributed by atoms with Crippen molar-refractivity contribution in [3.63, 3.8) is 0 Å². The number of hydrogen-bond donors (Lipinski definition) is 1. The van der Waals surface area contributed by atoms with Crippen molar-refractivity contribution in [2.75, 3.05) is 0 Å². The molecular formula is C14H16FN3. The standard InChI is InChI=1S/C14H16FN3/c1-2-10-3-4-13(18-7-10)6-14(16)11-5-12(15)9-17-8-11/h3-5,7-9,14H,2,6,16H2,1H3. The number of nitrogens with two attached hydrogens (primary N) is 1. The summed E-state index contributed by atoms with van der Waals surface area (Å²) in [7, 11) is 0. The molecule has 0 bridgehead atoms. The second-order valence-corrected chi connectivity index (χ2v) is 4.26. The molecule has 1 atom stereocenters. The lowest BCUT2D eigenvalue weighted by molar-refractivity contribution is 0.609. The Balaban J connectivity index is 2.08. The Labute approximate surface area is 106 Å². The van der Waals surface area contributed by atoms with Crippen molar-refractivity contribution in [1.82, 2.24) is 9.97 Å². The Morgan fingerprint density at radius 2 is 2.11 bits per heavy atom. The maximum Gasteiger partial charge on any atom is 0.141 e. The van der Waals surface area contributed by atoms with E-state index in [4.69, 9.17) is 5.73 Å². The highest BCUT2D eigenvalue weighted by atomic mass is 19.1. The molecule has 0 saturated heterocycles. The molecule has 0 aliphatic heterocycles. The van der Waals surface area contributed by atoms with Crippen molar-refractivity contribution in [3.8, 4) is 0 Å². The monoisotopic (exact) mass is 245 g/mol. The van der Waals surface area contributed by atoms with Crippen LogP contribution in [0.5, 0.6) is 0 Å². The van der Waals surface area contributed by atoms with Crippen LogP contribution in [0, 0.1) is 5.82 Å². The summed E-state index contributed by atoms with van der Waals surface area (Å²) in [6, 6.07) is 5.13. The number of halogens is 1. The summed E-state index contributed by atoms with van der Waals surface area (Å²) < 4.78 is 13.0. The van der Waals surface area contributed by atoms with E-state index < -0.39 is 0 Å². The summed E-state index contributed by atoms with van der Waals surface area (Å²) in [5.74, 6) is -0.364. The highest BCUT2D eigenvalue weighted by Crippen LogP contribution is 2.15. The molecule has 94 valence electrons. The third kappa shape index (κ3) is 3.11. The lowest BCUT2D eigenvalue weighted by Gasteiger charge is -2.11. The van der Waals surface area contributed by atoms with Gasteiger partial charge in [0.1, 0.15) is 5.82 Å². The Bertz CT molecular complexity index is 511. The van der Waals surface area contributed by atoms with Gasteiger partial charge in [-0.05, 0) is 29.7 Å². The fourth-order valence-electron chi connectivity index (χ4n) is 1.76. The van der Waals surface area contributed by atoms with Crippen LogP contribution in [0.3, 0.4) is 0 Å². The van der Waals surface area contributed by atoms with Crippen molar-refractivity contribution < 1.29 is 4.39 Å². The summed E-state index contributed by atoms with van der Waals surface area (Å²) in [5.41, 5.74) is 8.81. The van der Waals surface area contributed by atoms with Crippen LogP contribution in [0.1, 0.15) is 29.8 Å². The molecule has 2 aromatic rings. The van der Waals surface area contributed by atoms with Gasteiger partial charge >= 0.3 is 0 Å². The molecule has 4 heteroatoms. The molecule has 2 heterocycles. The predicted octanol–water partition coefficient (Wildman–Crippen LogP) is 2.42. The second-order valence-electron chi connectivity index (χ2n) is 4.26. The number of nitrogens with zero attached hydrogens (tertiary/aromatic N) is 2. The minimum atomic E-state index is -0.364. The van der Waals surface area contributed by atoms with E-state index >= 15 is 0 Å². The van der Waals surface area contributed by atoms with Crippen LogP contribution in [-0.2, 0) is 12.8 Å². The molecular weight excluding hydrogens is 229 g/mol. The first kappa shape index (κ1) is 12.6. The van der Waals surface area contributed by atoms with Gasteiger partial charge in [-0.15, -0.1) is 0 Å². The van der Waals surface area contributed by atoms with Gasteiger partial charge in [0.15, 0.2) is 0 Å². The average molecular weight is 245 g/mol. The zero-order valence-electron chi connectivity index (χ0n) is 10.3. The predicted molar refractivity (Wildman–Crippen MR) is 68.4 cm³/mol. The van der Waals surface area contributed by atoms with Gasteiger partial charge in [-0.2, -0.15) is 0 Å². The molecule has 0 fully saturated rings. The van der Waals surface area contributed by atoms with Gasteiger partial charge in [0, 0.05) is 30.6 Å². The Hall–Kier alpha value is -1.81. The lowest BCUT2D eigenvalue weighted by Crippen LogP contribution is -2.14. The number of aromatic nitrogens is 2. The van der Waals surface area contributed by atoms with E-state index in [2.05, 4.69) is 16.9 Å². The summed E-state index contributed by atoms with van der Waals surface area (Å²) in [5, 5.41) is 0. The average Bonchev–Trinajstić information content (AvgIpc) is 2.39. The maximum atomic E-state index is 13.0. The highest BCUT2D eigenvalue weighted by molar-refractivity contribution is 5.19. The van der Waals surface area contributed by atoms with Crippen LogP contribution < -0.4 is 5.73 Å². The minimum Gasteiger partial charge on any atom is -0.324 e. The highest BCUT2D eigenvalue weighted by Gasteiger charge is 2.09. The van der Waals surface area contributed by atoms with Crippen LogP contribution in [0.25, 0.3) is 0 Å². The van der Waals surface area contributed by atoms with Crippen LogP contribution in [-0.4, -0.2) is 9.97 Å². The molecule has 0 saturated carbocycles. The van der Waals surface area contributed by atoms with Gasteiger partial charge in [-0.25, -0.2) is 4.39 Å². The van der Waals surface area contributed by atoms with E-state index in [9.17, 15) is 4.39 Å². The van der Waals surface area contributed by atoms with Crippen molar-refractivity contribution in [3.05, 3.63) is 59.4 Å². The molecule has 2 N–H and O–H groups in total. The Morgan fingerprint density at radius 1 is 1.28 bits per heavy atom. The molecule has 0 aromatic carbocycles. The molecule has 2 aromatic heterocycles. The molecule has 1 unspecified atom stereocenters. The topological polar surface area (TPSA) is 51.8 Å². The van der Waals surface area contributed by atoms with Crippen LogP contribution in [0.2, 0.25) is 0 Å². The van der Waals surface area contributed by atoms with Crippen molar-refractivity contribution >= 4 is 0 Å². The van der Waals surface area contributed by atoms with Crippen molar-refractivity contribution in [2.24, 2.45) is 5.73 Å². The van der Waals surface area contributed by atoms with Crippen LogP contribution >= 0.6 is 0 Å². The maximum absolute atomic E-state index is 13.0. The van der Waals surface area contributed by atoms with Crippen LogP contribution in [0.15, 0.2) is 36.8 Å². The molecule has 0 amide bonds. The molecule has 3 nitrogen and oxygen atoms in total. The quantitative estimate of drug-likeness (QED) is 0.900. The minimum absolute atomic E-state index is 0.284. The van der Waals surface area contributed by atoms with Crippen molar-refractivity contribution in [2.45, 2.75) is 25.8 Å². The number of hydrogen-bond acceptors (Lipinski definition) is 3. The summed E-state index contributed by atoms with van der Waals surface area (Å²) in [6.07, 6.45) is 6.16. The molecule has 2 rings (SSSR count). The third-order valence-corrected chi connectivity index (χ3v) is 2.88. The first-order chi connectivity index (χ1) is 8.69. The van der Waals surface area contributed by atoms with Gasteiger partial charge < -0.3 is 5.73 Å². The van der Waals surface area contributed by atoms with Gasteiger partial charge in [0.25, 0.3) is 0 Å². The lowest BCUT2D eigenvalue weighted by atomic mass is 10.0. The van der Waals surface area contributed by atoms with E-state index in [0.29, 0.717) is 12.0 Å². The first-order valence-corrected chi connectivity index (χ1v) is 5.99. The van der Waals surface area contributed by atoms with E-state index in [1.807, 2.05) is 18.3 Å². The SMILES string of the molecule is CCc1ccc(CC(N)c2cncc(F)c2)nc1. The smallest absolute Gasteiger partial charge is 0.141 e. The summed E-state index contributed by atoms with van der Waals surface area (Å²) in [4.78, 5) is 8.14. The second kappa shape index (κ2) is 5.69. The van der Waals surface area contributed by atoms with Crippen molar-refractivity contribution in [1.29, 1.82) is 0 Å². The number of aryl methyl sites for hydroxylation is 1. The van der Waals surface area contributed by atoms with Gasteiger partial charge in [-0.1, -0.05) is 13.0 Å². The normalized spacial score (nSPS) is 12.4. The molecule has 0 spiro atoms. The van der Waals surface area contributed by atoms with E-state index in [1.54, 1.807) is 6.20 Å². The van der Waals surface area contributed by atoms with E-state index in [-0.39, 0.29) is 11.9 Å². The Morgan fingerprint density at radius 3 is 2.72 bits per heavy atom. The third-order valence-electron chi connectivity index (χ3n) is 2.88. The molecule has 0 aliphatic carbocycles. The van der Waals surface area contributed by atoms with Gasteiger partial charge in [0.2, 0.25) is 0 Å². The van der Waals surface area contributed by atoms with E-state index in [0.717, 1.165) is 12.1 Å². The summed E-state index contributed by atoms with van der Waals surface area (Å²) in [6.45, 7) is 2.08. The molecule has 18 heavy (non-hydrogen) atoms. The van der Waals surface area contributed by atoms with Crippen LogP contribution in [0.4, 0.5) is 4.39 Å². The van der Waals surface area contributed by atoms with Gasteiger partial charge in [0.05, 0.1) is 6.20 Å². The van der Waals surface area contributed by atoms with Gasteiger partial charge in [-0.3, -0.25) is 9.97 Å². The van der Waals surface area contributed by atoms with E-state index in [1.165, 1.54) is 17.8 Å². The number of rotatable bonds is 4. The first-order valence-electron chi connectivity index (χ1n) is 5.99.